The molecule has 1 saturated heterocycles. The number of nitrogens with one attached hydrogen (secondary N) is 1. The topological polar surface area (TPSA) is 67.5 Å². The molecule has 0 saturated carbocycles. The summed E-state index contributed by atoms with van der Waals surface area (Å²) >= 11 is 0. The van der Waals surface area contributed by atoms with Crippen LogP contribution in [0.3, 0.4) is 0 Å². The van der Waals surface area contributed by atoms with Gasteiger partial charge in [-0.15, -0.1) is 0 Å². The predicted octanol–water partition coefficient (Wildman–Crippen LogP) is 4.43. The largest absolute Gasteiger partial charge is 0.487 e. The number of hydrogen-bond acceptors (Lipinski definition) is 4. The van der Waals surface area contributed by atoms with Crippen LogP contribution in [0, 0.1) is 5.82 Å². The summed E-state index contributed by atoms with van der Waals surface area (Å²) in [7, 11) is 0. The Morgan fingerprint density at radius 3 is 2.89 bits per heavy atom. The number of nitrogens with zero attached hydrogens (tertiary/aromatic N) is 2. The molecule has 1 aliphatic heterocycles. The summed E-state index contributed by atoms with van der Waals surface area (Å²) in [6, 6.07) is 8.29. The Bertz CT molecular complexity index is 1030. The molecule has 3 aromatic rings. The van der Waals surface area contributed by atoms with Crippen LogP contribution in [-0.4, -0.2) is 35.2 Å². The Morgan fingerprint density at radius 2 is 2.14 bits per heavy atom. The van der Waals surface area contributed by atoms with Crippen LogP contribution in [0.5, 0.6) is 5.75 Å². The van der Waals surface area contributed by atoms with Crippen molar-refractivity contribution in [1.29, 1.82) is 0 Å². The van der Waals surface area contributed by atoms with Gasteiger partial charge < -0.3 is 14.5 Å². The molecule has 6 nitrogen and oxygen atoms in total. The van der Waals surface area contributed by atoms with Gasteiger partial charge in [-0.3, -0.25) is 4.90 Å². The number of anilines is 1. The van der Waals surface area contributed by atoms with Crippen molar-refractivity contribution in [2.24, 2.45) is 0 Å². The maximum Gasteiger partial charge on any atom is 0.415 e. The zero-order valence-electron chi connectivity index (χ0n) is 14.8. The molecule has 0 unspecified atom stereocenters. The lowest BCUT2D eigenvalue weighted by Gasteiger charge is -2.22. The summed E-state index contributed by atoms with van der Waals surface area (Å²) in [6.07, 6.45) is 0.932. The van der Waals surface area contributed by atoms with Gasteiger partial charge in [-0.25, -0.2) is 22.9 Å². The van der Waals surface area contributed by atoms with E-state index < -0.39 is 30.5 Å². The number of imidazole rings is 1. The van der Waals surface area contributed by atoms with Gasteiger partial charge in [-0.05, 0) is 24.3 Å². The fraction of sp³-hybridized carbons (Fsp3) is 0.263. The molecule has 2 aromatic carbocycles. The lowest BCUT2D eigenvalue weighted by molar-refractivity contribution is -0.0230. The summed E-state index contributed by atoms with van der Waals surface area (Å²) in [5.41, 5.74) is 2.18. The number of H-pyrrole nitrogens is 1. The van der Waals surface area contributed by atoms with E-state index in [0.29, 0.717) is 12.6 Å². The molecule has 0 spiro atoms. The highest BCUT2D eigenvalue weighted by atomic mass is 19.3. The first-order chi connectivity index (χ1) is 13.3. The van der Waals surface area contributed by atoms with Crippen LogP contribution in [0.25, 0.3) is 11.0 Å². The minimum atomic E-state index is -3.02. The number of carbonyl (C=O) groups excluding carboxylic acids is 1. The van der Waals surface area contributed by atoms with Crippen molar-refractivity contribution >= 4 is 22.8 Å². The standard InChI is InChI=1S/C19H16F3N3O3/c1-19(21,22)9-28-12-3-4-13(14(20)7-12)17-8-27-18(26)25(17)11-2-5-15-16(6-11)24-10-23-15/h2-7,10,17H,8-9H2,1H3,(H,23,24)/t17-/m1/s1. The van der Waals surface area contributed by atoms with E-state index in [2.05, 4.69) is 9.97 Å². The van der Waals surface area contributed by atoms with Gasteiger partial charge in [-0.1, -0.05) is 6.07 Å². The Hall–Kier alpha value is -3.23. The van der Waals surface area contributed by atoms with Gasteiger partial charge in [0.1, 0.15) is 24.2 Å². The van der Waals surface area contributed by atoms with E-state index in [4.69, 9.17) is 9.47 Å². The van der Waals surface area contributed by atoms with Gasteiger partial charge in [0.05, 0.1) is 23.0 Å². The number of hydrogen-bond donors (Lipinski definition) is 1. The number of aromatic amines is 1. The lowest BCUT2D eigenvalue weighted by Crippen LogP contribution is -2.27. The van der Waals surface area contributed by atoms with E-state index in [1.807, 2.05) is 0 Å². The number of rotatable bonds is 5. The highest BCUT2D eigenvalue weighted by Gasteiger charge is 2.37. The summed E-state index contributed by atoms with van der Waals surface area (Å²) in [5.74, 6) is -3.71. The molecule has 4 rings (SSSR count). The van der Waals surface area contributed by atoms with E-state index in [1.54, 1.807) is 18.2 Å². The molecule has 1 fully saturated rings. The molecule has 9 heteroatoms. The zero-order valence-corrected chi connectivity index (χ0v) is 14.8. The Labute approximate surface area is 157 Å². The zero-order chi connectivity index (χ0) is 19.9. The van der Waals surface area contributed by atoms with E-state index in [-0.39, 0.29) is 17.9 Å². The number of alkyl halides is 2. The third kappa shape index (κ3) is 3.47. The Balaban J connectivity index is 1.62. The number of ether oxygens (including phenoxy) is 2. The number of fused-ring (bicyclic) bond motifs is 1. The smallest absolute Gasteiger partial charge is 0.415 e. The average molecular weight is 391 g/mol. The predicted molar refractivity (Wildman–Crippen MR) is 95.2 cm³/mol. The maximum absolute atomic E-state index is 14.7. The van der Waals surface area contributed by atoms with Crippen molar-refractivity contribution in [3.05, 3.63) is 54.1 Å². The summed E-state index contributed by atoms with van der Waals surface area (Å²) < 4.78 is 50.5. The number of amides is 1. The second-order valence-electron chi connectivity index (χ2n) is 6.61. The van der Waals surface area contributed by atoms with E-state index in [0.717, 1.165) is 17.1 Å². The third-order valence-corrected chi connectivity index (χ3v) is 4.38. The van der Waals surface area contributed by atoms with Crippen molar-refractivity contribution in [1.82, 2.24) is 9.97 Å². The minimum absolute atomic E-state index is 0.0153. The summed E-state index contributed by atoms with van der Waals surface area (Å²) in [4.78, 5) is 20.7. The highest BCUT2D eigenvalue weighted by molar-refractivity contribution is 5.93. The monoisotopic (exact) mass is 391 g/mol. The van der Waals surface area contributed by atoms with E-state index in [9.17, 15) is 18.0 Å². The number of benzene rings is 2. The maximum atomic E-state index is 14.7. The normalized spacial score (nSPS) is 17.2. The van der Waals surface area contributed by atoms with Gasteiger partial charge in [0.15, 0.2) is 6.61 Å². The molecular weight excluding hydrogens is 375 g/mol. The summed E-state index contributed by atoms with van der Waals surface area (Å²) in [6.45, 7) is -0.176. The van der Waals surface area contributed by atoms with Gasteiger partial charge in [0.2, 0.25) is 0 Å². The molecule has 1 aliphatic rings. The molecule has 2 heterocycles. The SMILES string of the molecule is CC(F)(F)COc1ccc([C@H]2COC(=O)N2c2ccc3nc[nH]c3c2)c(F)c1. The van der Waals surface area contributed by atoms with Crippen LogP contribution in [0.2, 0.25) is 0 Å². The molecule has 0 radical (unpaired) electrons. The fourth-order valence-corrected chi connectivity index (χ4v) is 3.09. The molecule has 1 atom stereocenters. The van der Waals surface area contributed by atoms with Crippen LogP contribution in [0.1, 0.15) is 18.5 Å². The molecule has 28 heavy (non-hydrogen) atoms. The average Bonchev–Trinajstić information content (AvgIpc) is 3.25. The van der Waals surface area contributed by atoms with Crippen molar-refractivity contribution in [3.8, 4) is 5.75 Å². The number of cyclic esters (lactones) is 1. The van der Waals surface area contributed by atoms with Crippen LogP contribution >= 0.6 is 0 Å². The van der Waals surface area contributed by atoms with E-state index in [1.165, 1.54) is 23.4 Å². The van der Waals surface area contributed by atoms with Crippen LogP contribution in [0.15, 0.2) is 42.7 Å². The first-order valence-electron chi connectivity index (χ1n) is 8.51. The second-order valence-corrected chi connectivity index (χ2v) is 6.61. The van der Waals surface area contributed by atoms with Crippen LogP contribution in [-0.2, 0) is 4.74 Å². The van der Waals surface area contributed by atoms with Crippen molar-refractivity contribution in [3.63, 3.8) is 0 Å². The van der Waals surface area contributed by atoms with Crippen molar-refractivity contribution in [2.45, 2.75) is 18.9 Å². The highest BCUT2D eigenvalue weighted by Crippen LogP contribution is 2.36. The first-order valence-corrected chi connectivity index (χ1v) is 8.51. The Morgan fingerprint density at radius 1 is 1.32 bits per heavy atom. The third-order valence-electron chi connectivity index (χ3n) is 4.38. The van der Waals surface area contributed by atoms with E-state index >= 15 is 0 Å². The molecule has 1 N–H and O–H groups in total. The quantitative estimate of drug-likeness (QED) is 0.699. The second kappa shape index (κ2) is 6.74. The molecule has 146 valence electrons. The summed E-state index contributed by atoms with van der Waals surface area (Å²) in [5, 5.41) is 0. The van der Waals surface area contributed by atoms with Gasteiger partial charge in [0, 0.05) is 18.6 Å². The molecule has 1 aromatic heterocycles. The molecular formula is C19H16F3N3O3. The molecule has 0 aliphatic carbocycles. The van der Waals surface area contributed by atoms with Crippen molar-refractivity contribution < 1.29 is 27.4 Å². The molecule has 0 bridgehead atoms. The van der Waals surface area contributed by atoms with Gasteiger partial charge >= 0.3 is 6.09 Å². The Kier molecular flexibility index (Phi) is 4.37. The molecule has 1 amide bonds. The van der Waals surface area contributed by atoms with Crippen LogP contribution in [0.4, 0.5) is 23.7 Å². The number of halogens is 3. The fourth-order valence-electron chi connectivity index (χ4n) is 3.09. The van der Waals surface area contributed by atoms with Crippen molar-refractivity contribution in [2.75, 3.05) is 18.1 Å². The van der Waals surface area contributed by atoms with Crippen LogP contribution < -0.4 is 9.64 Å². The minimum Gasteiger partial charge on any atom is -0.487 e. The first kappa shape index (κ1) is 18.1. The lowest BCUT2D eigenvalue weighted by atomic mass is 10.0. The van der Waals surface area contributed by atoms with Gasteiger partial charge in [0.25, 0.3) is 5.92 Å². The van der Waals surface area contributed by atoms with Gasteiger partial charge in [-0.2, -0.15) is 0 Å². The number of aromatic nitrogens is 2. The number of carbonyl (C=O) groups is 1.